The minimum Gasteiger partial charge on any atom is -0.388 e. The van der Waals surface area contributed by atoms with Crippen LogP contribution in [0.25, 0.3) is 0 Å². The lowest BCUT2D eigenvalue weighted by molar-refractivity contribution is 0.176. The van der Waals surface area contributed by atoms with Gasteiger partial charge in [-0.3, -0.25) is 0 Å². The Hall–Kier alpha value is -1.45. The van der Waals surface area contributed by atoms with Gasteiger partial charge in [-0.2, -0.15) is 0 Å². The van der Waals surface area contributed by atoms with Crippen molar-refractivity contribution < 1.29 is 13.9 Å². The average molecular weight is 281 g/mol. The maximum Gasteiger partial charge on any atom is 0.159 e. The van der Waals surface area contributed by atoms with Crippen LogP contribution in [-0.2, 0) is 0 Å². The summed E-state index contributed by atoms with van der Waals surface area (Å²) in [6, 6.07) is 9.46. The first-order valence-electron chi connectivity index (χ1n) is 5.98. The Labute approximate surface area is 114 Å². The molecule has 98 valence electrons. The highest BCUT2D eigenvalue weighted by atomic mass is 35.5. The summed E-state index contributed by atoms with van der Waals surface area (Å²) < 4.78 is 26.6. The fraction of sp³-hybridized carbons (Fsp3) is 0.200. The van der Waals surface area contributed by atoms with Gasteiger partial charge in [0.25, 0.3) is 0 Å². The summed E-state index contributed by atoms with van der Waals surface area (Å²) in [4.78, 5) is 0. The molecule has 2 unspecified atom stereocenters. The molecule has 1 nitrogen and oxygen atoms in total. The monoisotopic (exact) mass is 280 g/mol. The van der Waals surface area contributed by atoms with Crippen LogP contribution >= 0.6 is 11.6 Å². The number of hydrogen-bond donors (Lipinski definition) is 1. The first-order chi connectivity index (χ1) is 9.06. The molecule has 2 atom stereocenters. The molecule has 0 aliphatic heterocycles. The van der Waals surface area contributed by atoms with Crippen molar-refractivity contribution in [3.63, 3.8) is 0 Å². The molecule has 0 saturated carbocycles. The van der Waals surface area contributed by atoms with Crippen LogP contribution in [0.4, 0.5) is 8.78 Å². The third-order valence-electron chi connectivity index (χ3n) is 3.59. The van der Waals surface area contributed by atoms with E-state index in [2.05, 4.69) is 0 Å². The van der Waals surface area contributed by atoms with E-state index >= 15 is 0 Å². The number of fused-ring (bicyclic) bond motifs is 1. The summed E-state index contributed by atoms with van der Waals surface area (Å²) in [5, 5.41) is 10.6. The molecular formula is C15H11ClF2O. The average Bonchev–Trinajstić information content (AvgIpc) is 2.69. The predicted molar refractivity (Wildman–Crippen MR) is 69.2 cm³/mol. The van der Waals surface area contributed by atoms with Crippen molar-refractivity contribution in [3.05, 3.63) is 69.7 Å². The van der Waals surface area contributed by atoms with Crippen molar-refractivity contribution in [1.82, 2.24) is 0 Å². The molecule has 19 heavy (non-hydrogen) atoms. The minimum absolute atomic E-state index is 0.127. The fourth-order valence-electron chi connectivity index (χ4n) is 2.66. The van der Waals surface area contributed by atoms with Crippen LogP contribution in [0.3, 0.4) is 0 Å². The zero-order chi connectivity index (χ0) is 13.6. The highest BCUT2D eigenvalue weighted by Crippen LogP contribution is 2.44. The topological polar surface area (TPSA) is 20.2 Å². The number of rotatable bonds is 1. The Balaban J connectivity index is 2.08. The van der Waals surface area contributed by atoms with E-state index in [1.165, 1.54) is 6.07 Å². The molecule has 3 rings (SSSR count). The van der Waals surface area contributed by atoms with Gasteiger partial charge in [-0.15, -0.1) is 0 Å². The van der Waals surface area contributed by atoms with Gasteiger partial charge in [0, 0.05) is 10.9 Å². The van der Waals surface area contributed by atoms with Gasteiger partial charge in [-0.25, -0.2) is 8.78 Å². The van der Waals surface area contributed by atoms with Crippen molar-refractivity contribution in [1.29, 1.82) is 0 Å². The van der Waals surface area contributed by atoms with Gasteiger partial charge in [-0.1, -0.05) is 23.7 Å². The lowest BCUT2D eigenvalue weighted by Crippen LogP contribution is -1.97. The van der Waals surface area contributed by atoms with Crippen molar-refractivity contribution >= 4 is 11.6 Å². The molecule has 0 amide bonds. The van der Waals surface area contributed by atoms with Gasteiger partial charge in [0.2, 0.25) is 0 Å². The largest absolute Gasteiger partial charge is 0.388 e. The standard InChI is InChI=1S/C15H11ClF2O/c16-9-3-1-8(2-4-9)10-7-15(19)12-6-14(18)13(17)5-11(10)12/h1-6,10,15,19H,7H2. The molecule has 4 heteroatoms. The van der Waals surface area contributed by atoms with E-state index in [1.807, 2.05) is 12.1 Å². The molecular weight excluding hydrogens is 270 g/mol. The van der Waals surface area contributed by atoms with E-state index in [0.29, 0.717) is 22.6 Å². The van der Waals surface area contributed by atoms with E-state index in [9.17, 15) is 13.9 Å². The lowest BCUT2D eigenvalue weighted by Gasteiger charge is -2.12. The van der Waals surface area contributed by atoms with E-state index in [-0.39, 0.29) is 5.92 Å². The van der Waals surface area contributed by atoms with Gasteiger partial charge in [0.1, 0.15) is 0 Å². The second kappa shape index (κ2) is 4.58. The zero-order valence-electron chi connectivity index (χ0n) is 9.91. The molecule has 0 aromatic heterocycles. The second-order valence-corrected chi connectivity index (χ2v) is 5.19. The van der Waals surface area contributed by atoms with Crippen molar-refractivity contribution in [2.24, 2.45) is 0 Å². The number of aliphatic hydroxyl groups excluding tert-OH is 1. The van der Waals surface area contributed by atoms with E-state index in [4.69, 9.17) is 11.6 Å². The number of benzene rings is 2. The summed E-state index contributed by atoms with van der Waals surface area (Å²) in [5.74, 6) is -1.93. The van der Waals surface area contributed by atoms with Crippen molar-refractivity contribution in [3.8, 4) is 0 Å². The summed E-state index contributed by atoms with van der Waals surface area (Å²) in [7, 11) is 0. The van der Waals surface area contributed by atoms with Gasteiger partial charge in [-0.05, 0) is 47.4 Å². The Kier molecular flexibility index (Phi) is 3.03. The van der Waals surface area contributed by atoms with Gasteiger partial charge >= 0.3 is 0 Å². The van der Waals surface area contributed by atoms with Crippen LogP contribution in [0.2, 0.25) is 5.02 Å². The normalized spacial score (nSPS) is 21.5. The maximum absolute atomic E-state index is 13.4. The third kappa shape index (κ3) is 2.13. The number of halogens is 3. The van der Waals surface area contributed by atoms with Crippen LogP contribution in [0.1, 0.15) is 35.1 Å². The van der Waals surface area contributed by atoms with Gasteiger partial charge < -0.3 is 5.11 Å². The predicted octanol–water partition coefficient (Wildman–Crippen LogP) is 4.19. The lowest BCUT2D eigenvalue weighted by atomic mass is 9.93. The summed E-state index contributed by atoms with van der Waals surface area (Å²) in [5.41, 5.74) is 2.06. The first kappa shape index (κ1) is 12.6. The third-order valence-corrected chi connectivity index (χ3v) is 3.84. The molecule has 1 aliphatic rings. The van der Waals surface area contributed by atoms with Crippen LogP contribution in [0.15, 0.2) is 36.4 Å². The molecule has 0 saturated heterocycles. The molecule has 0 heterocycles. The van der Waals surface area contributed by atoms with Crippen LogP contribution in [0, 0.1) is 11.6 Å². The first-order valence-corrected chi connectivity index (χ1v) is 6.36. The molecule has 1 N–H and O–H groups in total. The van der Waals surface area contributed by atoms with Gasteiger partial charge in [0.05, 0.1) is 6.10 Å². The van der Waals surface area contributed by atoms with Crippen LogP contribution < -0.4 is 0 Å². The zero-order valence-corrected chi connectivity index (χ0v) is 10.7. The minimum atomic E-state index is -0.922. The quantitative estimate of drug-likeness (QED) is 0.830. The Morgan fingerprint density at radius 3 is 2.21 bits per heavy atom. The fourth-order valence-corrected chi connectivity index (χ4v) is 2.78. The van der Waals surface area contributed by atoms with Gasteiger partial charge in [0.15, 0.2) is 11.6 Å². The van der Waals surface area contributed by atoms with E-state index in [0.717, 1.165) is 11.6 Å². The summed E-state index contributed by atoms with van der Waals surface area (Å²) in [6.45, 7) is 0. The molecule has 0 fully saturated rings. The molecule has 2 aromatic rings. The SMILES string of the molecule is OC1CC(c2ccc(Cl)cc2)c2cc(F)c(F)cc21. The smallest absolute Gasteiger partial charge is 0.159 e. The molecule has 2 aromatic carbocycles. The Bertz CT molecular complexity index is 625. The van der Waals surface area contributed by atoms with E-state index in [1.54, 1.807) is 12.1 Å². The molecule has 0 radical (unpaired) electrons. The molecule has 1 aliphatic carbocycles. The number of aliphatic hydroxyl groups is 1. The Morgan fingerprint density at radius 1 is 1.00 bits per heavy atom. The second-order valence-electron chi connectivity index (χ2n) is 4.75. The maximum atomic E-state index is 13.4. The Morgan fingerprint density at radius 2 is 1.58 bits per heavy atom. The summed E-state index contributed by atoms with van der Waals surface area (Å²) in [6.07, 6.45) is -0.328. The van der Waals surface area contributed by atoms with Crippen molar-refractivity contribution in [2.75, 3.05) is 0 Å². The highest BCUT2D eigenvalue weighted by molar-refractivity contribution is 6.30. The highest BCUT2D eigenvalue weighted by Gasteiger charge is 2.32. The molecule has 0 bridgehead atoms. The van der Waals surface area contributed by atoms with E-state index < -0.39 is 17.7 Å². The number of hydrogen-bond acceptors (Lipinski definition) is 1. The van der Waals surface area contributed by atoms with Crippen LogP contribution in [-0.4, -0.2) is 5.11 Å². The van der Waals surface area contributed by atoms with Crippen LogP contribution in [0.5, 0.6) is 0 Å². The van der Waals surface area contributed by atoms with Crippen molar-refractivity contribution in [2.45, 2.75) is 18.4 Å². The summed E-state index contributed by atoms with van der Waals surface area (Å²) >= 11 is 5.83. The molecule has 0 spiro atoms.